The Morgan fingerprint density at radius 3 is 2.48 bits per heavy atom. The molecule has 0 aliphatic carbocycles. The summed E-state index contributed by atoms with van der Waals surface area (Å²) in [5.74, 6) is -1.01. The van der Waals surface area contributed by atoms with Gasteiger partial charge in [-0.15, -0.1) is 0 Å². The molecule has 0 bridgehead atoms. The molecule has 2 fully saturated rings. The fraction of sp³-hybridized carbons (Fsp3) is 0.875. The topological polar surface area (TPSA) is 86.9 Å². The van der Waals surface area contributed by atoms with Gasteiger partial charge >= 0.3 is 6.18 Å². The number of alkyl halides is 3. The standard InChI is InChI=1S/C16H26F3N3O3/c1-11(14(24)22-7-2-4-12(10-22)13(20)23)21-8-3-5-15(25,6-9-21)16(17,18)19/h11-12,25H,2-10H2,1H3,(H2,20,23). The zero-order chi connectivity index (χ0) is 18.8. The van der Waals surface area contributed by atoms with Gasteiger partial charge < -0.3 is 15.7 Å². The Bertz CT molecular complexity index is 515. The molecule has 144 valence electrons. The van der Waals surface area contributed by atoms with Crippen LogP contribution in [0.25, 0.3) is 0 Å². The molecule has 25 heavy (non-hydrogen) atoms. The van der Waals surface area contributed by atoms with Crippen molar-refractivity contribution in [1.82, 2.24) is 9.80 Å². The van der Waals surface area contributed by atoms with Crippen molar-refractivity contribution in [2.75, 3.05) is 26.2 Å². The van der Waals surface area contributed by atoms with Crippen molar-refractivity contribution in [2.24, 2.45) is 11.7 Å². The summed E-state index contributed by atoms with van der Waals surface area (Å²) >= 11 is 0. The first-order valence-corrected chi connectivity index (χ1v) is 8.66. The number of carbonyl (C=O) groups is 2. The number of rotatable bonds is 3. The molecule has 2 aliphatic rings. The molecule has 3 N–H and O–H groups in total. The first kappa shape index (κ1) is 20.0. The highest BCUT2D eigenvalue weighted by atomic mass is 19.4. The SMILES string of the molecule is CC(C(=O)N1CCCC(C(N)=O)C1)N1CCCC(O)(C(F)(F)F)CC1. The van der Waals surface area contributed by atoms with E-state index >= 15 is 0 Å². The summed E-state index contributed by atoms with van der Waals surface area (Å²) in [6, 6.07) is -0.595. The summed E-state index contributed by atoms with van der Waals surface area (Å²) in [6.45, 7) is 2.76. The second-order valence-electron chi connectivity index (χ2n) is 7.12. The Hall–Kier alpha value is -1.35. The summed E-state index contributed by atoms with van der Waals surface area (Å²) in [5, 5.41) is 9.87. The number of aliphatic hydroxyl groups is 1. The number of halogens is 3. The maximum absolute atomic E-state index is 13.0. The van der Waals surface area contributed by atoms with Crippen LogP contribution in [0.5, 0.6) is 0 Å². The quantitative estimate of drug-likeness (QED) is 0.777. The summed E-state index contributed by atoms with van der Waals surface area (Å²) < 4.78 is 39.0. The predicted molar refractivity (Wildman–Crippen MR) is 84.4 cm³/mol. The molecule has 9 heteroatoms. The van der Waals surface area contributed by atoms with Gasteiger partial charge in [0.05, 0.1) is 12.0 Å². The van der Waals surface area contributed by atoms with Gasteiger partial charge in [-0.05, 0) is 45.6 Å². The molecule has 3 unspecified atom stereocenters. The van der Waals surface area contributed by atoms with Crippen LogP contribution in [-0.4, -0.2) is 70.7 Å². The lowest BCUT2D eigenvalue weighted by atomic mass is 9.94. The second kappa shape index (κ2) is 7.49. The number of piperidine rings is 1. The highest BCUT2D eigenvalue weighted by Crippen LogP contribution is 2.38. The molecular weight excluding hydrogens is 339 g/mol. The number of nitrogens with two attached hydrogens (primary N) is 1. The van der Waals surface area contributed by atoms with Gasteiger partial charge in [0.25, 0.3) is 0 Å². The fourth-order valence-electron chi connectivity index (χ4n) is 3.64. The lowest BCUT2D eigenvalue weighted by Gasteiger charge is -2.36. The second-order valence-corrected chi connectivity index (χ2v) is 7.12. The summed E-state index contributed by atoms with van der Waals surface area (Å²) in [6.07, 6.45) is -3.98. The van der Waals surface area contributed by atoms with E-state index in [2.05, 4.69) is 0 Å². The molecule has 0 aromatic rings. The van der Waals surface area contributed by atoms with E-state index in [1.54, 1.807) is 16.7 Å². The van der Waals surface area contributed by atoms with Gasteiger partial charge in [0.2, 0.25) is 11.8 Å². The highest BCUT2D eigenvalue weighted by Gasteiger charge is 2.53. The number of amides is 2. The number of hydrogen-bond acceptors (Lipinski definition) is 4. The Labute approximate surface area is 145 Å². The van der Waals surface area contributed by atoms with Gasteiger partial charge in [-0.25, -0.2) is 0 Å². The van der Waals surface area contributed by atoms with Crippen molar-refractivity contribution in [3.8, 4) is 0 Å². The monoisotopic (exact) mass is 365 g/mol. The number of nitrogens with zero attached hydrogens (tertiary/aromatic N) is 2. The molecule has 0 saturated carbocycles. The van der Waals surface area contributed by atoms with Gasteiger partial charge in [0, 0.05) is 19.6 Å². The number of likely N-dealkylation sites (tertiary alicyclic amines) is 2. The van der Waals surface area contributed by atoms with Crippen LogP contribution >= 0.6 is 0 Å². The van der Waals surface area contributed by atoms with Crippen molar-refractivity contribution in [1.29, 1.82) is 0 Å². The zero-order valence-electron chi connectivity index (χ0n) is 14.4. The van der Waals surface area contributed by atoms with Crippen molar-refractivity contribution < 1.29 is 27.9 Å². The molecule has 3 atom stereocenters. The van der Waals surface area contributed by atoms with Crippen molar-refractivity contribution in [3.63, 3.8) is 0 Å². The molecule has 0 aromatic carbocycles. The Balaban J connectivity index is 1.99. The number of primary amides is 1. The van der Waals surface area contributed by atoms with Crippen molar-refractivity contribution in [2.45, 2.75) is 56.8 Å². The Morgan fingerprint density at radius 2 is 1.88 bits per heavy atom. The largest absolute Gasteiger partial charge is 0.417 e. The molecule has 0 aromatic heterocycles. The van der Waals surface area contributed by atoms with Crippen LogP contribution in [0.3, 0.4) is 0 Å². The van der Waals surface area contributed by atoms with Crippen LogP contribution in [0.1, 0.15) is 39.0 Å². The number of hydrogen-bond donors (Lipinski definition) is 2. The minimum atomic E-state index is -4.67. The van der Waals surface area contributed by atoms with Gasteiger partial charge in [-0.2, -0.15) is 13.2 Å². The molecule has 2 saturated heterocycles. The average molecular weight is 365 g/mol. The lowest BCUT2D eigenvalue weighted by molar-refractivity contribution is -0.263. The first-order chi connectivity index (χ1) is 11.5. The van der Waals surface area contributed by atoms with Gasteiger partial charge in [0.1, 0.15) is 0 Å². The van der Waals surface area contributed by atoms with Gasteiger partial charge in [0.15, 0.2) is 5.60 Å². The maximum atomic E-state index is 13.0. The van der Waals surface area contributed by atoms with Gasteiger partial charge in [-0.1, -0.05) is 0 Å². The van der Waals surface area contributed by atoms with Crippen LogP contribution in [0.15, 0.2) is 0 Å². The molecule has 2 aliphatic heterocycles. The third kappa shape index (κ3) is 4.44. The van der Waals surface area contributed by atoms with E-state index in [-0.39, 0.29) is 37.8 Å². The van der Waals surface area contributed by atoms with Crippen molar-refractivity contribution in [3.05, 3.63) is 0 Å². The highest BCUT2D eigenvalue weighted by molar-refractivity contribution is 5.83. The zero-order valence-corrected chi connectivity index (χ0v) is 14.4. The third-order valence-electron chi connectivity index (χ3n) is 5.42. The first-order valence-electron chi connectivity index (χ1n) is 8.66. The number of carbonyl (C=O) groups excluding carboxylic acids is 2. The van der Waals surface area contributed by atoms with Crippen LogP contribution in [0, 0.1) is 5.92 Å². The van der Waals surface area contributed by atoms with E-state index in [4.69, 9.17) is 5.73 Å². The summed E-state index contributed by atoms with van der Waals surface area (Å²) in [5.41, 5.74) is 2.63. The normalized spacial score (nSPS) is 30.6. The summed E-state index contributed by atoms with van der Waals surface area (Å²) in [4.78, 5) is 27.3. The Kier molecular flexibility index (Phi) is 5.98. The van der Waals surface area contributed by atoms with E-state index in [1.807, 2.05) is 0 Å². The van der Waals surface area contributed by atoms with Crippen LogP contribution in [0.2, 0.25) is 0 Å². The van der Waals surface area contributed by atoms with Crippen molar-refractivity contribution >= 4 is 11.8 Å². The lowest BCUT2D eigenvalue weighted by Crippen LogP contribution is -2.52. The van der Waals surface area contributed by atoms with E-state index in [9.17, 15) is 27.9 Å². The third-order valence-corrected chi connectivity index (χ3v) is 5.42. The average Bonchev–Trinajstić information content (AvgIpc) is 2.76. The van der Waals surface area contributed by atoms with Crippen LogP contribution in [-0.2, 0) is 9.59 Å². The minimum Gasteiger partial charge on any atom is -0.380 e. The van der Waals surface area contributed by atoms with Crippen LogP contribution < -0.4 is 5.73 Å². The summed E-state index contributed by atoms with van der Waals surface area (Å²) in [7, 11) is 0. The van der Waals surface area contributed by atoms with E-state index in [0.29, 0.717) is 25.9 Å². The van der Waals surface area contributed by atoms with E-state index in [0.717, 1.165) is 0 Å². The molecule has 0 radical (unpaired) electrons. The fourth-order valence-corrected chi connectivity index (χ4v) is 3.64. The van der Waals surface area contributed by atoms with Crippen LogP contribution in [0.4, 0.5) is 13.2 Å². The van der Waals surface area contributed by atoms with E-state index < -0.39 is 30.1 Å². The van der Waals surface area contributed by atoms with Gasteiger partial charge in [-0.3, -0.25) is 14.5 Å². The minimum absolute atomic E-state index is 0.00396. The molecule has 2 amide bonds. The smallest absolute Gasteiger partial charge is 0.380 e. The predicted octanol–water partition coefficient (Wildman–Crippen LogP) is 0.878. The molecular formula is C16H26F3N3O3. The Morgan fingerprint density at radius 1 is 1.20 bits per heavy atom. The molecule has 0 spiro atoms. The van der Waals surface area contributed by atoms with E-state index in [1.165, 1.54) is 0 Å². The molecule has 6 nitrogen and oxygen atoms in total. The maximum Gasteiger partial charge on any atom is 0.417 e. The molecule has 2 heterocycles. The molecule has 2 rings (SSSR count).